The molecule has 1 aliphatic rings. The Balaban J connectivity index is 1.99. The molecule has 3 rings (SSSR count). The minimum Gasteiger partial charge on any atom is -0.454 e. The quantitative estimate of drug-likeness (QED) is 0.805. The van der Waals surface area contributed by atoms with E-state index < -0.39 is 0 Å². The smallest absolute Gasteiger partial charge is 0.231 e. The summed E-state index contributed by atoms with van der Waals surface area (Å²) in [5.41, 5.74) is 3.17. The van der Waals surface area contributed by atoms with Crippen LogP contribution in [0.1, 0.15) is 5.56 Å². The van der Waals surface area contributed by atoms with Crippen LogP contribution < -0.4 is 9.47 Å². The van der Waals surface area contributed by atoms with Gasteiger partial charge in [-0.25, -0.2) is 0 Å². The molecule has 1 aliphatic heterocycles. The van der Waals surface area contributed by atoms with Gasteiger partial charge in [0, 0.05) is 0 Å². The second-order valence-corrected chi connectivity index (χ2v) is 4.10. The van der Waals surface area contributed by atoms with Gasteiger partial charge in [0.2, 0.25) is 6.79 Å². The molecule has 3 heteroatoms. The highest BCUT2D eigenvalue weighted by Crippen LogP contribution is 2.35. The van der Waals surface area contributed by atoms with E-state index in [1.807, 2.05) is 42.5 Å². The van der Waals surface area contributed by atoms with Crippen LogP contribution in [0, 0.1) is 11.3 Å². The largest absolute Gasteiger partial charge is 0.454 e. The molecule has 0 unspecified atom stereocenters. The van der Waals surface area contributed by atoms with Crippen LogP contribution in [0.5, 0.6) is 11.5 Å². The predicted molar refractivity (Wildman–Crippen MR) is 67.3 cm³/mol. The summed E-state index contributed by atoms with van der Waals surface area (Å²) in [6, 6.07) is 16.0. The summed E-state index contributed by atoms with van der Waals surface area (Å²) in [4.78, 5) is 0. The van der Waals surface area contributed by atoms with Crippen LogP contribution in [0.15, 0.2) is 42.5 Å². The molecule has 0 fully saturated rings. The molecule has 2 aromatic carbocycles. The molecule has 0 atom stereocenters. The molecular formula is C15H11NO2. The summed E-state index contributed by atoms with van der Waals surface area (Å²) in [5, 5.41) is 8.72. The fourth-order valence-electron chi connectivity index (χ4n) is 2.03. The van der Waals surface area contributed by atoms with Crippen LogP contribution in [0.4, 0.5) is 0 Å². The van der Waals surface area contributed by atoms with Gasteiger partial charge in [0.1, 0.15) is 0 Å². The molecule has 0 N–H and O–H groups in total. The van der Waals surface area contributed by atoms with E-state index in [0.29, 0.717) is 6.42 Å². The van der Waals surface area contributed by atoms with Crippen molar-refractivity contribution < 1.29 is 9.47 Å². The van der Waals surface area contributed by atoms with E-state index in [1.165, 1.54) is 0 Å². The lowest BCUT2D eigenvalue weighted by Gasteiger charge is -2.04. The Morgan fingerprint density at radius 3 is 2.72 bits per heavy atom. The number of nitriles is 1. The van der Waals surface area contributed by atoms with Gasteiger partial charge in [-0.3, -0.25) is 0 Å². The maximum Gasteiger partial charge on any atom is 0.231 e. The van der Waals surface area contributed by atoms with E-state index in [9.17, 15) is 0 Å². The first-order valence-corrected chi connectivity index (χ1v) is 5.73. The standard InChI is InChI=1S/C15H11NO2/c16-7-6-11-2-1-3-12(8-11)13-4-5-14-15(9-13)18-10-17-14/h1-5,8-9H,6,10H2. The van der Waals surface area contributed by atoms with E-state index in [-0.39, 0.29) is 6.79 Å². The van der Waals surface area contributed by atoms with E-state index >= 15 is 0 Å². The maximum absolute atomic E-state index is 8.72. The van der Waals surface area contributed by atoms with Crippen molar-refractivity contribution in [3.8, 4) is 28.7 Å². The van der Waals surface area contributed by atoms with Crippen LogP contribution in [0.3, 0.4) is 0 Å². The summed E-state index contributed by atoms with van der Waals surface area (Å²) in [6.07, 6.45) is 0.429. The number of fused-ring (bicyclic) bond motifs is 1. The Labute approximate surface area is 105 Å². The average Bonchev–Trinajstić information content (AvgIpc) is 2.86. The first-order chi connectivity index (χ1) is 8.86. The zero-order chi connectivity index (χ0) is 12.4. The van der Waals surface area contributed by atoms with E-state index in [1.54, 1.807) is 0 Å². The lowest BCUT2D eigenvalue weighted by atomic mass is 10.0. The zero-order valence-corrected chi connectivity index (χ0v) is 9.72. The van der Waals surface area contributed by atoms with Crippen molar-refractivity contribution >= 4 is 0 Å². The molecule has 0 aliphatic carbocycles. The summed E-state index contributed by atoms with van der Waals surface area (Å²) < 4.78 is 10.7. The predicted octanol–water partition coefficient (Wildman–Crippen LogP) is 3.15. The van der Waals surface area contributed by atoms with Gasteiger partial charge in [0.05, 0.1) is 12.5 Å². The number of rotatable bonds is 2. The van der Waals surface area contributed by atoms with Crippen molar-refractivity contribution in [3.05, 3.63) is 48.0 Å². The summed E-state index contributed by atoms with van der Waals surface area (Å²) in [7, 11) is 0. The highest BCUT2D eigenvalue weighted by Gasteiger charge is 2.13. The topological polar surface area (TPSA) is 42.2 Å². The summed E-state index contributed by atoms with van der Waals surface area (Å²) in [5.74, 6) is 1.56. The Kier molecular flexibility index (Phi) is 2.62. The zero-order valence-electron chi connectivity index (χ0n) is 9.72. The van der Waals surface area contributed by atoms with Gasteiger partial charge in [-0.1, -0.05) is 30.3 Å². The van der Waals surface area contributed by atoms with Gasteiger partial charge in [0.15, 0.2) is 11.5 Å². The van der Waals surface area contributed by atoms with E-state index in [0.717, 1.165) is 28.2 Å². The van der Waals surface area contributed by atoms with Crippen molar-refractivity contribution in [3.63, 3.8) is 0 Å². The molecule has 1 heterocycles. The molecule has 88 valence electrons. The van der Waals surface area contributed by atoms with E-state index in [4.69, 9.17) is 14.7 Å². The minimum atomic E-state index is 0.285. The number of benzene rings is 2. The van der Waals surface area contributed by atoms with Crippen LogP contribution in [-0.2, 0) is 6.42 Å². The van der Waals surface area contributed by atoms with Crippen molar-refractivity contribution in [1.82, 2.24) is 0 Å². The van der Waals surface area contributed by atoms with Gasteiger partial charge in [-0.05, 0) is 28.8 Å². The van der Waals surface area contributed by atoms with Gasteiger partial charge < -0.3 is 9.47 Å². The van der Waals surface area contributed by atoms with Crippen molar-refractivity contribution in [2.75, 3.05) is 6.79 Å². The van der Waals surface area contributed by atoms with Gasteiger partial charge in [-0.2, -0.15) is 5.26 Å². The average molecular weight is 237 g/mol. The molecule has 2 aromatic rings. The van der Waals surface area contributed by atoms with Crippen LogP contribution >= 0.6 is 0 Å². The highest BCUT2D eigenvalue weighted by atomic mass is 16.7. The third-order valence-corrected chi connectivity index (χ3v) is 2.92. The molecule has 0 bridgehead atoms. The molecule has 18 heavy (non-hydrogen) atoms. The molecular weight excluding hydrogens is 226 g/mol. The first kappa shape index (κ1) is 10.7. The number of hydrogen-bond acceptors (Lipinski definition) is 3. The minimum absolute atomic E-state index is 0.285. The Bertz CT molecular complexity index is 629. The van der Waals surface area contributed by atoms with Crippen LogP contribution in [0.25, 0.3) is 11.1 Å². The Morgan fingerprint density at radius 1 is 1.00 bits per heavy atom. The van der Waals surface area contributed by atoms with Crippen molar-refractivity contribution in [2.45, 2.75) is 6.42 Å². The molecule has 0 saturated heterocycles. The molecule has 0 spiro atoms. The van der Waals surface area contributed by atoms with Crippen molar-refractivity contribution in [1.29, 1.82) is 5.26 Å². The van der Waals surface area contributed by atoms with E-state index in [2.05, 4.69) is 6.07 Å². The first-order valence-electron chi connectivity index (χ1n) is 5.73. The lowest BCUT2D eigenvalue weighted by Crippen LogP contribution is -1.92. The lowest BCUT2D eigenvalue weighted by molar-refractivity contribution is 0.174. The van der Waals surface area contributed by atoms with Crippen LogP contribution in [0.2, 0.25) is 0 Å². The molecule has 3 nitrogen and oxygen atoms in total. The molecule has 0 aromatic heterocycles. The fraction of sp³-hybridized carbons (Fsp3) is 0.133. The summed E-state index contributed by atoms with van der Waals surface area (Å²) in [6.45, 7) is 0.285. The SMILES string of the molecule is N#CCc1cccc(-c2ccc3c(c2)OCO3)c1. The fourth-order valence-corrected chi connectivity index (χ4v) is 2.03. The summed E-state index contributed by atoms with van der Waals surface area (Å²) >= 11 is 0. The third kappa shape index (κ3) is 1.89. The number of hydrogen-bond donors (Lipinski definition) is 0. The normalized spacial score (nSPS) is 12.2. The number of ether oxygens (including phenoxy) is 2. The van der Waals surface area contributed by atoms with Crippen LogP contribution in [-0.4, -0.2) is 6.79 Å². The number of nitrogens with zero attached hydrogens (tertiary/aromatic N) is 1. The van der Waals surface area contributed by atoms with Crippen molar-refractivity contribution in [2.24, 2.45) is 0 Å². The molecule has 0 amide bonds. The molecule has 0 saturated carbocycles. The highest BCUT2D eigenvalue weighted by molar-refractivity contribution is 5.68. The van der Waals surface area contributed by atoms with Gasteiger partial charge >= 0.3 is 0 Å². The monoisotopic (exact) mass is 237 g/mol. The third-order valence-electron chi connectivity index (χ3n) is 2.92. The second-order valence-electron chi connectivity index (χ2n) is 4.10. The van der Waals surface area contributed by atoms with Gasteiger partial charge in [-0.15, -0.1) is 0 Å². The maximum atomic E-state index is 8.72. The Hall–Kier alpha value is -2.47. The molecule has 0 radical (unpaired) electrons. The second kappa shape index (κ2) is 4.42. The Morgan fingerprint density at radius 2 is 1.83 bits per heavy atom. The van der Waals surface area contributed by atoms with Gasteiger partial charge in [0.25, 0.3) is 0 Å².